The van der Waals surface area contributed by atoms with Gasteiger partial charge in [-0.3, -0.25) is 4.72 Å². The molecule has 2 aromatic carbocycles. The summed E-state index contributed by atoms with van der Waals surface area (Å²) >= 11 is 7.23. The topological polar surface area (TPSA) is 46.2 Å². The fourth-order valence-corrected chi connectivity index (χ4v) is 3.57. The van der Waals surface area contributed by atoms with Crippen LogP contribution in [0.5, 0.6) is 0 Å². The summed E-state index contributed by atoms with van der Waals surface area (Å²) in [5, 5.41) is 0. The molecule has 0 bridgehead atoms. The molecule has 0 atom stereocenters. The predicted octanol–water partition coefficient (Wildman–Crippen LogP) is 3.99. The molecule has 2 aromatic rings. The van der Waals surface area contributed by atoms with E-state index in [9.17, 15) is 8.42 Å². The summed E-state index contributed by atoms with van der Waals surface area (Å²) in [4.78, 5) is 1.25. The minimum Gasteiger partial charge on any atom is -0.280 e. The van der Waals surface area contributed by atoms with E-state index < -0.39 is 10.0 Å². The van der Waals surface area contributed by atoms with Crippen molar-refractivity contribution in [1.29, 1.82) is 0 Å². The van der Waals surface area contributed by atoms with E-state index in [1.54, 1.807) is 42.1 Å². The Morgan fingerprint density at radius 1 is 1.14 bits per heavy atom. The first-order valence-corrected chi connectivity index (χ1v) is 9.61. The molecule has 0 aliphatic rings. The fraction of sp³-hybridized carbons (Fsp3) is 0.200. The predicted molar refractivity (Wildman–Crippen MR) is 89.9 cm³/mol. The number of hydrogen-bond donors (Lipinski definition) is 1. The van der Waals surface area contributed by atoms with Crippen LogP contribution in [0, 0.1) is 0 Å². The van der Waals surface area contributed by atoms with Gasteiger partial charge < -0.3 is 0 Å². The van der Waals surface area contributed by atoms with Crippen molar-refractivity contribution in [2.75, 3.05) is 16.9 Å². The average molecular weight is 342 g/mol. The van der Waals surface area contributed by atoms with Crippen molar-refractivity contribution in [1.82, 2.24) is 0 Å². The van der Waals surface area contributed by atoms with Gasteiger partial charge in [0.1, 0.15) is 0 Å². The zero-order chi connectivity index (χ0) is 15.3. The fourth-order valence-electron chi connectivity index (χ4n) is 1.85. The molecule has 1 N–H and O–H groups in total. The highest BCUT2D eigenvalue weighted by atomic mass is 35.5. The lowest BCUT2D eigenvalue weighted by Gasteiger charge is -2.09. The Bertz CT molecular complexity index is 700. The molecule has 3 nitrogen and oxygen atoms in total. The molecule has 0 saturated heterocycles. The number of thioether (sulfide) groups is 1. The van der Waals surface area contributed by atoms with Crippen molar-refractivity contribution in [3.05, 3.63) is 54.1 Å². The summed E-state index contributed by atoms with van der Waals surface area (Å²) in [6.07, 6.45) is 2.67. The van der Waals surface area contributed by atoms with Gasteiger partial charge in [0.2, 0.25) is 0 Å². The second kappa shape index (κ2) is 7.20. The van der Waals surface area contributed by atoms with Gasteiger partial charge in [0.05, 0.1) is 4.90 Å². The summed E-state index contributed by atoms with van der Waals surface area (Å²) in [6, 6.07) is 14.1. The first-order valence-electron chi connectivity index (χ1n) is 6.37. The van der Waals surface area contributed by atoms with Crippen LogP contribution in [-0.4, -0.2) is 20.6 Å². The van der Waals surface area contributed by atoms with Gasteiger partial charge in [-0.1, -0.05) is 18.2 Å². The Morgan fingerprint density at radius 2 is 1.86 bits per heavy atom. The normalized spacial score (nSPS) is 11.3. The number of hydrogen-bond acceptors (Lipinski definition) is 3. The van der Waals surface area contributed by atoms with E-state index in [1.165, 1.54) is 0 Å². The molecule has 21 heavy (non-hydrogen) atoms. The van der Waals surface area contributed by atoms with Crippen LogP contribution in [0.4, 0.5) is 5.69 Å². The highest BCUT2D eigenvalue weighted by Crippen LogP contribution is 2.22. The van der Waals surface area contributed by atoms with Gasteiger partial charge >= 0.3 is 0 Å². The molecular formula is C15H16ClNO2S2. The van der Waals surface area contributed by atoms with Crippen LogP contribution in [0.25, 0.3) is 0 Å². The monoisotopic (exact) mass is 341 g/mol. The van der Waals surface area contributed by atoms with Crippen LogP contribution in [0.1, 0.15) is 5.56 Å². The number of sulfonamides is 1. The van der Waals surface area contributed by atoms with Crippen LogP contribution in [0.15, 0.2) is 58.3 Å². The number of nitrogens with one attached hydrogen (secondary N) is 1. The highest BCUT2D eigenvalue weighted by Gasteiger charge is 2.14. The maximum atomic E-state index is 12.3. The molecule has 112 valence electrons. The maximum absolute atomic E-state index is 12.3. The van der Waals surface area contributed by atoms with Gasteiger partial charge in [-0.25, -0.2) is 8.42 Å². The van der Waals surface area contributed by atoms with Gasteiger partial charge in [-0.15, -0.1) is 23.4 Å². The second-order valence-corrected chi connectivity index (χ2v) is 7.36. The number of benzene rings is 2. The number of anilines is 1. The number of rotatable bonds is 6. The molecule has 0 unspecified atom stereocenters. The SMILES string of the molecule is CSc1cccc(NS(=O)(=O)c2ccc(CCCl)cc2)c1. The number of aryl methyl sites for hydroxylation is 1. The van der Waals surface area contributed by atoms with Gasteiger partial charge in [0, 0.05) is 16.5 Å². The van der Waals surface area contributed by atoms with Crippen molar-refractivity contribution in [2.45, 2.75) is 16.2 Å². The largest absolute Gasteiger partial charge is 0.280 e. The zero-order valence-electron chi connectivity index (χ0n) is 11.5. The molecule has 0 saturated carbocycles. The molecule has 6 heteroatoms. The van der Waals surface area contributed by atoms with Crippen molar-refractivity contribution >= 4 is 39.1 Å². The van der Waals surface area contributed by atoms with E-state index in [-0.39, 0.29) is 4.90 Å². The summed E-state index contributed by atoms with van der Waals surface area (Å²) in [6.45, 7) is 0. The third-order valence-corrected chi connectivity index (χ3v) is 5.25. The molecule has 0 radical (unpaired) electrons. The number of halogens is 1. The molecular weight excluding hydrogens is 326 g/mol. The Hall–Kier alpha value is -1.17. The van der Waals surface area contributed by atoms with E-state index >= 15 is 0 Å². The van der Waals surface area contributed by atoms with Crippen molar-refractivity contribution < 1.29 is 8.42 Å². The smallest absolute Gasteiger partial charge is 0.261 e. The highest BCUT2D eigenvalue weighted by molar-refractivity contribution is 7.98. The van der Waals surface area contributed by atoms with Crippen LogP contribution < -0.4 is 4.72 Å². The molecule has 0 aliphatic heterocycles. The Labute approximate surface area is 134 Å². The van der Waals surface area contributed by atoms with E-state index in [1.807, 2.05) is 24.5 Å². The lowest BCUT2D eigenvalue weighted by atomic mass is 10.2. The van der Waals surface area contributed by atoms with Gasteiger partial charge in [-0.05, 0) is 48.6 Å². The van der Waals surface area contributed by atoms with Crippen LogP contribution in [0.2, 0.25) is 0 Å². The minimum absolute atomic E-state index is 0.246. The summed E-state index contributed by atoms with van der Waals surface area (Å²) in [5.41, 5.74) is 1.58. The van der Waals surface area contributed by atoms with Crippen molar-refractivity contribution in [3.8, 4) is 0 Å². The van der Waals surface area contributed by atoms with Crippen molar-refractivity contribution in [3.63, 3.8) is 0 Å². The first kappa shape index (κ1) is 16.2. The van der Waals surface area contributed by atoms with Crippen molar-refractivity contribution in [2.24, 2.45) is 0 Å². The minimum atomic E-state index is -3.56. The van der Waals surface area contributed by atoms with Gasteiger partial charge in [-0.2, -0.15) is 0 Å². The lowest BCUT2D eigenvalue weighted by Crippen LogP contribution is -2.12. The second-order valence-electron chi connectivity index (χ2n) is 4.42. The third-order valence-electron chi connectivity index (χ3n) is 2.94. The summed E-state index contributed by atoms with van der Waals surface area (Å²) in [7, 11) is -3.56. The molecule has 0 amide bonds. The number of alkyl halides is 1. The quantitative estimate of drug-likeness (QED) is 0.638. The van der Waals surface area contributed by atoms with Gasteiger partial charge in [0.15, 0.2) is 0 Å². The average Bonchev–Trinajstić information content (AvgIpc) is 2.48. The molecule has 0 aromatic heterocycles. The zero-order valence-corrected chi connectivity index (χ0v) is 13.9. The van der Waals surface area contributed by atoms with Crippen LogP contribution in [0.3, 0.4) is 0 Å². The molecule has 0 aliphatic carbocycles. The van der Waals surface area contributed by atoms with Crippen LogP contribution >= 0.6 is 23.4 Å². The Balaban J connectivity index is 2.21. The Kier molecular flexibility index (Phi) is 5.56. The molecule has 0 fully saturated rings. The molecule has 0 heterocycles. The van der Waals surface area contributed by atoms with E-state index in [0.29, 0.717) is 11.6 Å². The van der Waals surface area contributed by atoms with E-state index in [0.717, 1.165) is 16.9 Å². The maximum Gasteiger partial charge on any atom is 0.261 e. The molecule has 0 spiro atoms. The van der Waals surface area contributed by atoms with E-state index in [2.05, 4.69) is 4.72 Å². The lowest BCUT2D eigenvalue weighted by molar-refractivity contribution is 0.601. The van der Waals surface area contributed by atoms with E-state index in [4.69, 9.17) is 11.6 Å². The van der Waals surface area contributed by atoms with Gasteiger partial charge in [0.25, 0.3) is 10.0 Å². The standard InChI is InChI=1S/C15H16ClNO2S2/c1-20-14-4-2-3-13(11-14)17-21(18,19)15-7-5-12(6-8-15)9-10-16/h2-8,11,17H,9-10H2,1H3. The first-order chi connectivity index (χ1) is 10.0. The molecule has 2 rings (SSSR count). The Morgan fingerprint density at radius 3 is 2.48 bits per heavy atom. The summed E-state index contributed by atoms with van der Waals surface area (Å²) in [5.74, 6) is 0.520. The summed E-state index contributed by atoms with van der Waals surface area (Å²) < 4.78 is 27.2. The van der Waals surface area contributed by atoms with Crippen LogP contribution in [-0.2, 0) is 16.4 Å². The third kappa shape index (κ3) is 4.40.